The highest BCUT2D eigenvalue weighted by Crippen LogP contribution is 2.45. The van der Waals surface area contributed by atoms with E-state index in [2.05, 4.69) is 10.6 Å². The Morgan fingerprint density at radius 2 is 1.72 bits per heavy atom. The predicted molar refractivity (Wildman–Crippen MR) is 123 cm³/mol. The first-order valence-electron chi connectivity index (χ1n) is 10.6. The zero-order chi connectivity index (χ0) is 23.3. The molecule has 0 bridgehead atoms. The molecule has 0 aliphatic heterocycles. The van der Waals surface area contributed by atoms with Crippen LogP contribution in [0.25, 0.3) is 22.2 Å². The lowest BCUT2D eigenvalue weighted by Crippen LogP contribution is -2.22. The summed E-state index contributed by atoms with van der Waals surface area (Å²) in [6.07, 6.45) is 0. The smallest absolute Gasteiger partial charge is 0.494 e. The second-order valence-corrected chi connectivity index (χ2v) is 8.25. The molecule has 0 aliphatic carbocycles. The van der Waals surface area contributed by atoms with Crippen LogP contribution in [0, 0.1) is 11.3 Å². The Labute approximate surface area is 188 Å². The number of hydrogen-bond donors (Lipinski definition) is 1. The van der Waals surface area contributed by atoms with E-state index in [9.17, 15) is 14.7 Å². The minimum absolute atomic E-state index is 0.197. The van der Waals surface area contributed by atoms with Crippen molar-refractivity contribution in [2.45, 2.75) is 34.2 Å². The van der Waals surface area contributed by atoms with Crippen LogP contribution >= 0.6 is 7.82 Å². The summed E-state index contributed by atoms with van der Waals surface area (Å²) >= 11 is 0. The average Bonchev–Trinajstić information content (AvgIpc) is 3.10. The van der Waals surface area contributed by atoms with Gasteiger partial charge in [0.1, 0.15) is 17.6 Å². The van der Waals surface area contributed by atoms with Gasteiger partial charge in [-0.25, -0.2) is 4.57 Å². The van der Waals surface area contributed by atoms with Crippen LogP contribution in [0.3, 0.4) is 0 Å². The molecule has 3 aromatic rings. The Morgan fingerprint density at radius 3 is 2.28 bits per heavy atom. The van der Waals surface area contributed by atoms with Gasteiger partial charge in [0.05, 0.1) is 23.4 Å². The van der Waals surface area contributed by atoms with E-state index >= 15 is 0 Å². The number of aryl methyl sites for hydroxylation is 1. The van der Waals surface area contributed by atoms with Gasteiger partial charge in [0.15, 0.2) is 0 Å². The lowest BCUT2D eigenvalue weighted by Gasteiger charge is -2.21. The summed E-state index contributed by atoms with van der Waals surface area (Å²) in [6, 6.07) is 14.7. The number of phosphoric acid groups is 1. The molecule has 2 aromatic carbocycles. The van der Waals surface area contributed by atoms with Crippen molar-refractivity contribution in [2.24, 2.45) is 0 Å². The Bertz CT molecular complexity index is 1160. The predicted octanol–water partition coefficient (Wildman–Crippen LogP) is 5.35. The molecule has 1 unspecified atom stereocenters. The van der Waals surface area contributed by atoms with E-state index in [1.165, 1.54) is 5.06 Å². The first-order chi connectivity index (χ1) is 15.4. The molecule has 1 N–H and O–H groups in total. The fraction of sp³-hybridized carbons (Fsp3) is 0.348. The first-order valence-corrected chi connectivity index (χ1v) is 12.1. The highest BCUT2D eigenvalue weighted by atomic mass is 31.2. The minimum atomic E-state index is -4.30. The third-order valence-electron chi connectivity index (χ3n) is 5.05. The fourth-order valence-corrected chi connectivity index (χ4v) is 4.58. The van der Waals surface area contributed by atoms with Gasteiger partial charge in [-0.15, -0.1) is 0 Å². The molecular formula is C23H28N3O5P. The highest BCUT2D eigenvalue weighted by Gasteiger charge is 2.27. The van der Waals surface area contributed by atoms with Crippen molar-refractivity contribution in [3.8, 4) is 28.8 Å². The number of nitriles is 1. The van der Waals surface area contributed by atoms with Crippen LogP contribution in [-0.4, -0.2) is 34.2 Å². The Kier molecular flexibility index (Phi) is 7.60. The summed E-state index contributed by atoms with van der Waals surface area (Å²) in [5, 5.41) is 12.1. The molecule has 1 aromatic heterocycles. The van der Waals surface area contributed by atoms with Gasteiger partial charge in [-0.3, -0.25) is 4.89 Å². The van der Waals surface area contributed by atoms with E-state index in [1.54, 1.807) is 24.3 Å². The molecule has 8 nitrogen and oxygen atoms in total. The maximum absolute atomic E-state index is 12.3. The number of nitrogens with zero attached hydrogens (tertiary/aromatic N) is 3. The summed E-state index contributed by atoms with van der Waals surface area (Å²) < 4.78 is 30.2. The maximum Gasteiger partial charge on any atom is 0.544 e. The zero-order valence-electron chi connectivity index (χ0n) is 18.7. The molecule has 32 heavy (non-hydrogen) atoms. The molecule has 0 saturated carbocycles. The van der Waals surface area contributed by atoms with E-state index in [-0.39, 0.29) is 5.75 Å². The monoisotopic (exact) mass is 457 g/mol. The summed E-state index contributed by atoms with van der Waals surface area (Å²) in [7, 11) is -4.30. The quantitative estimate of drug-likeness (QED) is 0.324. The Hall–Kier alpha value is -2.82. The number of fused-ring (bicyclic) bond motifs is 1. The lowest BCUT2D eigenvalue weighted by molar-refractivity contribution is -0.0705. The van der Waals surface area contributed by atoms with E-state index in [1.807, 2.05) is 45.9 Å². The Morgan fingerprint density at radius 1 is 1.06 bits per heavy atom. The van der Waals surface area contributed by atoms with Gasteiger partial charge >= 0.3 is 7.82 Å². The number of benzene rings is 2. The van der Waals surface area contributed by atoms with Crippen LogP contribution in [0.2, 0.25) is 0 Å². The van der Waals surface area contributed by atoms with Crippen LogP contribution in [0.1, 0.15) is 33.3 Å². The van der Waals surface area contributed by atoms with Crippen molar-refractivity contribution in [2.75, 3.05) is 19.7 Å². The molecule has 1 atom stereocenters. The number of phosphoric ester groups is 1. The van der Waals surface area contributed by atoms with E-state index in [4.69, 9.17) is 13.9 Å². The number of aromatic nitrogens is 1. The molecule has 0 amide bonds. The van der Waals surface area contributed by atoms with Crippen LogP contribution < -0.4 is 9.26 Å². The molecule has 9 heteroatoms. The van der Waals surface area contributed by atoms with Crippen LogP contribution in [0.4, 0.5) is 0 Å². The number of hydroxylamine groups is 2. The number of hydrogen-bond acceptors (Lipinski definition) is 6. The molecular weight excluding hydrogens is 429 g/mol. The van der Waals surface area contributed by atoms with E-state index in [0.29, 0.717) is 31.8 Å². The topological polar surface area (TPSA) is 96.9 Å². The van der Waals surface area contributed by atoms with Gasteiger partial charge in [-0.05, 0) is 55.8 Å². The molecule has 0 saturated heterocycles. The summed E-state index contributed by atoms with van der Waals surface area (Å²) in [5.74, 6) is 0.946. The summed E-state index contributed by atoms with van der Waals surface area (Å²) in [4.78, 5) is 10.0. The van der Waals surface area contributed by atoms with Crippen LogP contribution in [0.15, 0.2) is 42.5 Å². The van der Waals surface area contributed by atoms with Crippen molar-refractivity contribution in [1.82, 2.24) is 9.63 Å². The summed E-state index contributed by atoms with van der Waals surface area (Å²) in [5.41, 5.74) is 3.05. The van der Waals surface area contributed by atoms with Crippen molar-refractivity contribution < 1.29 is 23.3 Å². The SMILES string of the molecule is CCOc1ccc2c(C#N)c(-c3ccc(OP(=O)(O)ON(CC)CC)cc3)n(CC)c2c1. The van der Waals surface area contributed by atoms with E-state index in [0.717, 1.165) is 27.9 Å². The standard InChI is InChI=1S/C23H28N3O5P/c1-5-25(6-2)31-32(27,28)30-18-11-9-17(10-12-18)23-21(16-24)20-14-13-19(29-8-4)15-22(20)26(23)7-3/h9-15H,5-8H2,1-4H3,(H,27,28). The van der Waals surface area contributed by atoms with Gasteiger partial charge < -0.3 is 13.8 Å². The third kappa shape index (κ3) is 4.98. The third-order valence-corrected chi connectivity index (χ3v) is 5.93. The molecule has 0 aliphatic rings. The van der Waals surface area contributed by atoms with Gasteiger partial charge in [0.25, 0.3) is 0 Å². The molecule has 1 heterocycles. The molecule has 170 valence electrons. The average molecular weight is 457 g/mol. The van der Waals surface area contributed by atoms with Gasteiger partial charge in [-0.1, -0.05) is 13.8 Å². The second-order valence-electron chi connectivity index (χ2n) is 6.97. The second kappa shape index (κ2) is 10.2. The molecule has 0 fully saturated rings. The van der Waals surface area contributed by atoms with Crippen LogP contribution in [0.5, 0.6) is 11.5 Å². The molecule has 0 radical (unpaired) electrons. The van der Waals surface area contributed by atoms with Crippen molar-refractivity contribution >= 4 is 18.7 Å². The van der Waals surface area contributed by atoms with E-state index < -0.39 is 7.82 Å². The summed E-state index contributed by atoms with van der Waals surface area (Å²) in [6.45, 7) is 9.69. The highest BCUT2D eigenvalue weighted by molar-refractivity contribution is 7.47. The van der Waals surface area contributed by atoms with Gasteiger partial charge in [0.2, 0.25) is 0 Å². The zero-order valence-corrected chi connectivity index (χ0v) is 19.6. The number of rotatable bonds is 10. The molecule has 0 spiro atoms. The van der Waals surface area contributed by atoms with Crippen LogP contribution in [-0.2, 0) is 15.7 Å². The molecule has 3 rings (SSSR count). The van der Waals surface area contributed by atoms with Gasteiger partial charge in [-0.2, -0.15) is 14.9 Å². The minimum Gasteiger partial charge on any atom is -0.494 e. The lowest BCUT2D eigenvalue weighted by atomic mass is 10.1. The van der Waals surface area contributed by atoms with Crippen molar-refractivity contribution in [1.29, 1.82) is 5.26 Å². The maximum atomic E-state index is 12.3. The first kappa shape index (κ1) is 23.8. The Balaban J connectivity index is 1.97. The fourth-order valence-electron chi connectivity index (χ4n) is 3.64. The van der Waals surface area contributed by atoms with Crippen molar-refractivity contribution in [3.63, 3.8) is 0 Å². The van der Waals surface area contributed by atoms with Crippen molar-refractivity contribution in [3.05, 3.63) is 48.0 Å². The van der Waals surface area contributed by atoms with Gasteiger partial charge in [0, 0.05) is 31.1 Å². The number of ether oxygens (including phenoxy) is 1. The normalized spacial score (nSPS) is 13.2. The largest absolute Gasteiger partial charge is 0.544 e.